The number of carbonyl (C=O) groups is 2. The number of aromatic amines is 2. The Morgan fingerprint density at radius 2 is 0.855 bits per heavy atom. The monoisotopic (exact) mass is 834 g/mol. The van der Waals surface area contributed by atoms with Crippen molar-refractivity contribution < 1.29 is 28.5 Å². The molecular weight excluding hydrogens is 777 g/mol. The van der Waals surface area contributed by atoms with Crippen LogP contribution in [0.4, 0.5) is 0 Å². The first-order valence-electron chi connectivity index (χ1n) is 23.1. The van der Waals surface area contributed by atoms with E-state index in [0.717, 1.165) is 119 Å². The van der Waals surface area contributed by atoms with Gasteiger partial charge in [0.1, 0.15) is 11.5 Å². The molecule has 62 heavy (non-hydrogen) atoms. The molecule has 5 heterocycles. The molecule has 6 aliphatic carbocycles. The van der Waals surface area contributed by atoms with Crippen LogP contribution in [0.25, 0.3) is 44.4 Å². The summed E-state index contributed by atoms with van der Waals surface area (Å²) in [4.78, 5) is 46.8. The van der Waals surface area contributed by atoms with Gasteiger partial charge in [-0.1, -0.05) is 27.7 Å². The number of allylic oxidation sites excluding steroid dienone is 4. The lowest BCUT2D eigenvalue weighted by Gasteiger charge is -2.46. The molecule has 3 aromatic heterocycles. The van der Waals surface area contributed by atoms with Crippen molar-refractivity contribution in [1.82, 2.24) is 19.9 Å². The highest BCUT2D eigenvalue weighted by atomic mass is 16.5. The maximum Gasteiger partial charge on any atom is 0.310 e. The van der Waals surface area contributed by atoms with Crippen LogP contribution >= 0.6 is 0 Å². The van der Waals surface area contributed by atoms with E-state index in [1.807, 2.05) is 13.8 Å². The summed E-state index contributed by atoms with van der Waals surface area (Å²) in [6, 6.07) is 13.1. The second-order valence-corrected chi connectivity index (χ2v) is 17.6. The molecule has 2 aliphatic heterocycles. The predicted octanol–water partition coefficient (Wildman–Crippen LogP) is 11.5. The van der Waals surface area contributed by atoms with Gasteiger partial charge in [-0.15, -0.1) is 0 Å². The van der Waals surface area contributed by atoms with Gasteiger partial charge in [0.15, 0.2) is 0 Å². The van der Waals surface area contributed by atoms with E-state index in [-0.39, 0.29) is 48.8 Å². The van der Waals surface area contributed by atoms with Crippen molar-refractivity contribution in [3.8, 4) is 11.5 Å². The molecule has 1 saturated carbocycles. The number of methoxy groups -OCH3 is 2. The molecule has 4 aromatic rings. The third-order valence-electron chi connectivity index (χ3n) is 15.0. The summed E-state index contributed by atoms with van der Waals surface area (Å²) >= 11 is 0. The molecule has 6 atom stereocenters. The summed E-state index contributed by atoms with van der Waals surface area (Å²) in [5.41, 5.74) is 20.0. The molecule has 0 amide bonds. The van der Waals surface area contributed by atoms with Crippen LogP contribution in [0.3, 0.4) is 0 Å². The Morgan fingerprint density at radius 1 is 0.516 bits per heavy atom. The fraction of sp³-hybridized carbons (Fsp3) is 0.462. The van der Waals surface area contributed by atoms with Gasteiger partial charge in [0.05, 0.1) is 62.0 Å². The molecule has 0 saturated heterocycles. The minimum atomic E-state index is -0.637. The molecule has 10 heteroatoms. The van der Waals surface area contributed by atoms with E-state index in [9.17, 15) is 9.59 Å². The van der Waals surface area contributed by atoms with Gasteiger partial charge in [0.2, 0.25) is 0 Å². The highest BCUT2D eigenvalue weighted by Crippen LogP contribution is 2.61. The standard InChI is InChI=1S/C52H58N4O6/c1-9-25-27(11-3)35-23-39-45-31-17-18-32(50(52(58)62-14-6)49(31)51(57)61-13-5)46(45)40(56-39)24-36-28(12-4)26(10-2)34(54-36)22-38-44-30-16-15-29(43(44)37(55-38)21-33(25)53-35)47-41(59-7)19-20-42(60-8)48(30)47/h19-24,29-32,49-50,55-56H,9-18H2,1-8H3/t29?,30?,31?,32?,49-,50-/m1/s1. The predicted molar refractivity (Wildman–Crippen MR) is 243 cm³/mol. The topological polar surface area (TPSA) is 128 Å². The first-order chi connectivity index (χ1) is 30.2. The van der Waals surface area contributed by atoms with Crippen molar-refractivity contribution in [1.29, 1.82) is 0 Å². The lowest BCUT2D eigenvalue weighted by Crippen LogP contribution is -2.46. The first kappa shape index (κ1) is 40.4. The Kier molecular flexibility index (Phi) is 10.2. The number of fused-ring (bicyclic) bond motifs is 11. The molecule has 12 bridgehead atoms. The zero-order valence-corrected chi connectivity index (χ0v) is 37.3. The van der Waals surface area contributed by atoms with Crippen LogP contribution in [0.2, 0.25) is 0 Å². The summed E-state index contributed by atoms with van der Waals surface area (Å²) < 4.78 is 23.6. The zero-order chi connectivity index (χ0) is 43.1. The SMILES string of the molecule is CCOC(=O)[C@@H]1C2CCC(c3c2c2cc4nc(cc5[nH]c(cc6nc(cc3[nH]2)C(CC)=C6CC)c2c5C3CCC2c2c(OC)ccc(OC)c23)C(CC)=C4CC)[C@H]1C(=O)OCC. The molecule has 0 radical (unpaired) electrons. The molecular formula is C52H58N4O6. The lowest BCUT2D eigenvalue weighted by atomic mass is 9.56. The van der Waals surface area contributed by atoms with Crippen LogP contribution in [0.15, 0.2) is 36.4 Å². The normalized spacial score (nSPS) is 23.0. The van der Waals surface area contributed by atoms with Crippen molar-refractivity contribution in [3.63, 3.8) is 0 Å². The minimum Gasteiger partial charge on any atom is -0.496 e. The van der Waals surface area contributed by atoms with Crippen LogP contribution in [0.5, 0.6) is 11.5 Å². The minimum absolute atomic E-state index is 0.122. The summed E-state index contributed by atoms with van der Waals surface area (Å²) in [7, 11) is 3.54. The number of nitrogens with zero attached hydrogens (tertiary/aromatic N) is 2. The van der Waals surface area contributed by atoms with Crippen LogP contribution in [-0.2, 0) is 19.1 Å². The summed E-state index contributed by atoms with van der Waals surface area (Å²) in [5.74, 6) is -0.322. The number of rotatable bonds is 10. The Hall–Kier alpha value is -5.64. The van der Waals surface area contributed by atoms with Gasteiger partial charge in [-0.25, -0.2) is 9.97 Å². The van der Waals surface area contributed by atoms with Gasteiger partial charge in [-0.2, -0.15) is 0 Å². The zero-order valence-electron chi connectivity index (χ0n) is 37.3. The largest absolute Gasteiger partial charge is 0.496 e. The number of esters is 2. The maximum absolute atomic E-state index is 14.0. The highest BCUT2D eigenvalue weighted by molar-refractivity contribution is 5.97. The molecule has 1 aromatic carbocycles. The van der Waals surface area contributed by atoms with Crippen molar-refractivity contribution in [3.05, 3.63) is 92.6 Å². The van der Waals surface area contributed by atoms with E-state index in [1.54, 1.807) is 14.2 Å². The number of nitrogens with one attached hydrogen (secondary N) is 2. The van der Waals surface area contributed by atoms with Gasteiger partial charge >= 0.3 is 11.9 Å². The van der Waals surface area contributed by atoms with Crippen molar-refractivity contribution in [2.24, 2.45) is 11.8 Å². The lowest BCUT2D eigenvalue weighted by molar-refractivity contribution is -0.165. The molecule has 0 spiro atoms. The molecule has 8 aliphatic rings. The maximum atomic E-state index is 14.0. The fourth-order valence-electron chi connectivity index (χ4n) is 12.7. The van der Waals surface area contributed by atoms with Crippen LogP contribution < -0.4 is 9.47 Å². The Bertz CT molecular complexity index is 2610. The highest BCUT2D eigenvalue weighted by Gasteiger charge is 2.56. The van der Waals surface area contributed by atoms with Gasteiger partial charge in [0, 0.05) is 56.9 Å². The quantitative estimate of drug-likeness (QED) is 0.151. The molecule has 4 unspecified atom stereocenters. The number of ether oxygens (including phenoxy) is 4. The summed E-state index contributed by atoms with van der Waals surface area (Å²) in [6.07, 6.45) is 6.87. The van der Waals surface area contributed by atoms with E-state index in [1.165, 1.54) is 44.5 Å². The van der Waals surface area contributed by atoms with Crippen LogP contribution in [0, 0.1) is 11.8 Å². The molecule has 1 fully saturated rings. The van der Waals surface area contributed by atoms with E-state index < -0.39 is 11.8 Å². The van der Waals surface area contributed by atoms with Crippen LogP contribution in [-0.4, -0.2) is 59.3 Å². The Labute approximate surface area is 363 Å². The average molecular weight is 835 g/mol. The number of hydrogen-bond donors (Lipinski definition) is 2. The first-order valence-corrected chi connectivity index (χ1v) is 23.1. The number of aromatic nitrogens is 4. The third kappa shape index (κ3) is 5.80. The Balaban J connectivity index is 1.32. The molecule has 10 nitrogen and oxygen atoms in total. The number of hydrogen-bond acceptors (Lipinski definition) is 8. The second kappa shape index (κ2) is 15.6. The van der Waals surface area contributed by atoms with Crippen molar-refractivity contribution >= 4 is 56.3 Å². The van der Waals surface area contributed by atoms with Crippen LogP contribution in [0.1, 0.15) is 173 Å². The third-order valence-corrected chi connectivity index (χ3v) is 15.0. The van der Waals surface area contributed by atoms with Gasteiger partial charge in [-0.3, -0.25) is 9.59 Å². The van der Waals surface area contributed by atoms with Crippen molar-refractivity contribution in [2.75, 3.05) is 27.4 Å². The van der Waals surface area contributed by atoms with Gasteiger partial charge in [-0.05, 0) is 146 Å². The number of carbonyl (C=O) groups excluding carboxylic acids is 2. The van der Waals surface area contributed by atoms with Crippen molar-refractivity contribution in [2.45, 2.75) is 117 Å². The second-order valence-electron chi connectivity index (χ2n) is 17.6. The average Bonchev–Trinajstić information content (AvgIpc) is 4.04. The number of benzene rings is 1. The van der Waals surface area contributed by atoms with E-state index in [2.05, 4.69) is 74.1 Å². The van der Waals surface area contributed by atoms with E-state index in [0.29, 0.717) is 0 Å². The summed E-state index contributed by atoms with van der Waals surface area (Å²) in [5, 5.41) is 0. The van der Waals surface area contributed by atoms with Gasteiger partial charge < -0.3 is 28.9 Å². The molecule has 2 N–H and O–H groups in total. The van der Waals surface area contributed by atoms with E-state index in [4.69, 9.17) is 28.9 Å². The van der Waals surface area contributed by atoms with Gasteiger partial charge in [0.25, 0.3) is 0 Å². The van der Waals surface area contributed by atoms with E-state index >= 15 is 0 Å². The fourth-order valence-corrected chi connectivity index (χ4v) is 12.7. The molecule has 12 rings (SSSR count). The smallest absolute Gasteiger partial charge is 0.310 e. The Morgan fingerprint density at radius 3 is 1.16 bits per heavy atom. The molecule has 322 valence electrons. The summed E-state index contributed by atoms with van der Waals surface area (Å²) in [6.45, 7) is 13.0. The number of H-pyrrole nitrogens is 2.